The van der Waals surface area contributed by atoms with Crippen LogP contribution in [0, 0.1) is 11.6 Å². The van der Waals surface area contributed by atoms with Gasteiger partial charge in [-0.1, -0.05) is 18.2 Å². The second-order valence-electron chi connectivity index (χ2n) is 4.80. The van der Waals surface area contributed by atoms with Crippen molar-refractivity contribution in [2.24, 2.45) is 0 Å². The minimum atomic E-state index is -1.01. The molecule has 2 aromatic rings. The van der Waals surface area contributed by atoms with E-state index < -0.39 is 17.7 Å². The number of halogens is 2. The summed E-state index contributed by atoms with van der Waals surface area (Å²) >= 11 is 0. The molecule has 2 amide bonds. The lowest BCUT2D eigenvalue weighted by Crippen LogP contribution is -2.30. The molecule has 23 heavy (non-hydrogen) atoms. The van der Waals surface area contributed by atoms with Crippen molar-refractivity contribution in [1.29, 1.82) is 0 Å². The van der Waals surface area contributed by atoms with Crippen molar-refractivity contribution in [3.63, 3.8) is 0 Å². The largest absolute Gasteiger partial charge is 0.494 e. The third kappa shape index (κ3) is 4.95. The number of para-hydroxylation sites is 1. The highest BCUT2D eigenvalue weighted by Crippen LogP contribution is 2.18. The Balaban J connectivity index is 1.84. The molecule has 0 heterocycles. The van der Waals surface area contributed by atoms with Crippen LogP contribution in [0.5, 0.6) is 5.75 Å². The summed E-state index contributed by atoms with van der Waals surface area (Å²) in [5, 5.41) is 5.11. The van der Waals surface area contributed by atoms with Crippen molar-refractivity contribution in [3.8, 4) is 5.75 Å². The van der Waals surface area contributed by atoms with E-state index in [1.807, 2.05) is 31.2 Å². The molecule has 0 radical (unpaired) electrons. The summed E-state index contributed by atoms with van der Waals surface area (Å²) in [4.78, 5) is 11.7. The summed E-state index contributed by atoms with van der Waals surface area (Å²) in [5.41, 5.74) is 1.18. The molecule has 0 unspecified atom stereocenters. The van der Waals surface area contributed by atoms with Crippen molar-refractivity contribution >= 4 is 11.7 Å². The summed E-state index contributed by atoms with van der Waals surface area (Å²) in [6.45, 7) is 2.87. The van der Waals surface area contributed by atoms with Gasteiger partial charge in [0.1, 0.15) is 5.75 Å². The van der Waals surface area contributed by atoms with Crippen LogP contribution >= 0.6 is 0 Å². The van der Waals surface area contributed by atoms with E-state index in [0.717, 1.165) is 23.4 Å². The van der Waals surface area contributed by atoms with E-state index in [9.17, 15) is 13.6 Å². The van der Waals surface area contributed by atoms with Crippen molar-refractivity contribution in [1.82, 2.24) is 5.32 Å². The Morgan fingerprint density at radius 1 is 1.13 bits per heavy atom. The lowest BCUT2D eigenvalue weighted by Gasteiger charge is -2.11. The molecule has 2 N–H and O–H groups in total. The average Bonchev–Trinajstić information content (AvgIpc) is 2.53. The number of carbonyl (C=O) groups excluding carboxylic acids is 1. The fourth-order valence-corrected chi connectivity index (χ4v) is 2.07. The number of nitrogens with one attached hydrogen (secondary N) is 2. The van der Waals surface area contributed by atoms with Crippen LogP contribution < -0.4 is 15.4 Å². The molecule has 0 aromatic heterocycles. The summed E-state index contributed by atoms with van der Waals surface area (Å²) < 4.78 is 31.4. The molecule has 0 bridgehead atoms. The Labute approximate surface area is 133 Å². The molecule has 2 aromatic carbocycles. The maximum Gasteiger partial charge on any atom is 0.319 e. The summed E-state index contributed by atoms with van der Waals surface area (Å²) in [6.07, 6.45) is 0.599. The maximum absolute atomic E-state index is 13.1. The minimum Gasteiger partial charge on any atom is -0.494 e. The standard InChI is InChI=1S/C17H18F2N2O2/c1-2-23-16-6-4-3-5-12(16)9-10-20-17(22)21-13-7-8-14(18)15(19)11-13/h3-8,11H,2,9-10H2,1H3,(H2,20,21,22). The molecule has 0 saturated carbocycles. The SMILES string of the molecule is CCOc1ccccc1CCNC(=O)Nc1ccc(F)c(F)c1. The van der Waals surface area contributed by atoms with E-state index in [2.05, 4.69) is 10.6 Å². The van der Waals surface area contributed by atoms with Crippen molar-refractivity contribution in [2.45, 2.75) is 13.3 Å². The third-order valence-corrected chi connectivity index (χ3v) is 3.13. The van der Waals surface area contributed by atoms with Gasteiger partial charge in [-0.05, 0) is 37.1 Å². The maximum atomic E-state index is 13.1. The molecular formula is C17H18F2N2O2. The lowest BCUT2D eigenvalue weighted by molar-refractivity contribution is 0.252. The van der Waals surface area contributed by atoms with Gasteiger partial charge in [0.15, 0.2) is 11.6 Å². The van der Waals surface area contributed by atoms with Gasteiger partial charge in [0, 0.05) is 18.3 Å². The van der Waals surface area contributed by atoms with E-state index >= 15 is 0 Å². The number of urea groups is 1. The number of rotatable bonds is 6. The molecule has 2 rings (SSSR count). The molecular weight excluding hydrogens is 302 g/mol. The van der Waals surface area contributed by atoms with Crippen LogP contribution in [0.3, 0.4) is 0 Å². The van der Waals surface area contributed by atoms with Crippen LogP contribution in [0.4, 0.5) is 19.3 Å². The summed E-state index contributed by atoms with van der Waals surface area (Å²) in [5.74, 6) is -1.17. The first-order chi connectivity index (χ1) is 11.1. The van der Waals surface area contributed by atoms with Gasteiger partial charge < -0.3 is 15.4 Å². The molecule has 0 aliphatic rings. The average molecular weight is 320 g/mol. The molecule has 122 valence electrons. The first-order valence-corrected chi connectivity index (χ1v) is 7.30. The van der Waals surface area contributed by atoms with Crippen LogP contribution in [-0.2, 0) is 6.42 Å². The van der Waals surface area contributed by atoms with Gasteiger partial charge in [0.25, 0.3) is 0 Å². The van der Waals surface area contributed by atoms with Crippen LogP contribution in [0.2, 0.25) is 0 Å². The smallest absolute Gasteiger partial charge is 0.319 e. The van der Waals surface area contributed by atoms with Gasteiger partial charge in [0.2, 0.25) is 0 Å². The van der Waals surface area contributed by atoms with E-state index in [-0.39, 0.29) is 5.69 Å². The molecule has 0 spiro atoms. The molecule has 0 atom stereocenters. The van der Waals surface area contributed by atoms with Crippen LogP contribution in [0.25, 0.3) is 0 Å². The Hall–Kier alpha value is -2.63. The first-order valence-electron chi connectivity index (χ1n) is 7.30. The van der Waals surface area contributed by atoms with E-state index in [0.29, 0.717) is 19.6 Å². The molecule has 4 nitrogen and oxygen atoms in total. The predicted molar refractivity (Wildman–Crippen MR) is 84.7 cm³/mol. The number of amides is 2. The van der Waals surface area contributed by atoms with Crippen LogP contribution in [0.1, 0.15) is 12.5 Å². The fraction of sp³-hybridized carbons (Fsp3) is 0.235. The van der Waals surface area contributed by atoms with Crippen LogP contribution in [0.15, 0.2) is 42.5 Å². The van der Waals surface area contributed by atoms with Crippen molar-refractivity contribution < 1.29 is 18.3 Å². The zero-order valence-corrected chi connectivity index (χ0v) is 12.7. The highest BCUT2D eigenvalue weighted by molar-refractivity contribution is 5.89. The number of hydrogen-bond donors (Lipinski definition) is 2. The van der Waals surface area contributed by atoms with Gasteiger partial charge in [0.05, 0.1) is 6.61 Å². The van der Waals surface area contributed by atoms with Gasteiger partial charge in [-0.2, -0.15) is 0 Å². The van der Waals surface area contributed by atoms with E-state index in [1.54, 1.807) is 0 Å². The van der Waals surface area contributed by atoms with E-state index in [1.165, 1.54) is 6.07 Å². The molecule has 0 aliphatic carbocycles. The predicted octanol–water partition coefficient (Wildman–Crippen LogP) is 3.73. The number of hydrogen-bond acceptors (Lipinski definition) is 2. The van der Waals surface area contributed by atoms with Crippen molar-refractivity contribution in [3.05, 3.63) is 59.7 Å². The van der Waals surface area contributed by atoms with Gasteiger partial charge in [-0.25, -0.2) is 13.6 Å². The topological polar surface area (TPSA) is 50.4 Å². The summed E-state index contributed by atoms with van der Waals surface area (Å²) in [6, 6.07) is 10.3. The number of carbonyl (C=O) groups is 1. The molecule has 0 aliphatic heterocycles. The van der Waals surface area contributed by atoms with Gasteiger partial charge in [-0.15, -0.1) is 0 Å². The molecule has 0 fully saturated rings. The highest BCUT2D eigenvalue weighted by Gasteiger charge is 2.07. The quantitative estimate of drug-likeness (QED) is 0.852. The first kappa shape index (κ1) is 16.7. The Kier molecular flexibility index (Phi) is 5.91. The number of anilines is 1. The normalized spacial score (nSPS) is 10.2. The monoisotopic (exact) mass is 320 g/mol. The Morgan fingerprint density at radius 2 is 1.91 bits per heavy atom. The second-order valence-corrected chi connectivity index (χ2v) is 4.80. The fourth-order valence-electron chi connectivity index (χ4n) is 2.07. The van der Waals surface area contributed by atoms with Gasteiger partial charge >= 0.3 is 6.03 Å². The molecule has 6 heteroatoms. The minimum absolute atomic E-state index is 0.191. The van der Waals surface area contributed by atoms with E-state index in [4.69, 9.17) is 4.74 Å². The van der Waals surface area contributed by atoms with Gasteiger partial charge in [-0.3, -0.25) is 0 Å². The van der Waals surface area contributed by atoms with Crippen LogP contribution in [-0.4, -0.2) is 19.2 Å². The Morgan fingerprint density at radius 3 is 2.65 bits per heavy atom. The summed E-state index contributed by atoms with van der Waals surface area (Å²) in [7, 11) is 0. The third-order valence-electron chi connectivity index (χ3n) is 3.13. The zero-order chi connectivity index (χ0) is 16.7. The lowest BCUT2D eigenvalue weighted by atomic mass is 10.1. The number of ether oxygens (including phenoxy) is 1. The van der Waals surface area contributed by atoms with Crippen molar-refractivity contribution in [2.75, 3.05) is 18.5 Å². The second kappa shape index (κ2) is 8.12. The Bertz CT molecular complexity index is 677. The zero-order valence-electron chi connectivity index (χ0n) is 12.7. The number of benzene rings is 2. The molecule has 0 saturated heterocycles. The highest BCUT2D eigenvalue weighted by atomic mass is 19.2.